The zero-order chi connectivity index (χ0) is 13.7. The van der Waals surface area contributed by atoms with E-state index in [4.69, 9.17) is 16.3 Å². The van der Waals surface area contributed by atoms with Crippen LogP contribution in [-0.4, -0.2) is 59.7 Å². The Bertz CT molecular complexity index is 426. The number of carbonyl (C=O) groups excluding carboxylic acids is 1. The van der Waals surface area contributed by atoms with Crippen LogP contribution in [-0.2, 0) is 4.74 Å². The van der Waals surface area contributed by atoms with Crippen molar-refractivity contribution < 1.29 is 9.53 Å². The predicted molar refractivity (Wildman–Crippen MR) is 71.2 cm³/mol. The van der Waals surface area contributed by atoms with Gasteiger partial charge in [-0.15, -0.1) is 0 Å². The summed E-state index contributed by atoms with van der Waals surface area (Å²) >= 11 is 5.62. The van der Waals surface area contributed by atoms with Crippen LogP contribution in [0.15, 0.2) is 12.4 Å². The van der Waals surface area contributed by atoms with E-state index in [1.165, 1.54) is 12.4 Å². The molecular formula is C12H17ClN4O2. The molecule has 104 valence electrons. The molecule has 0 aliphatic carbocycles. The number of rotatable bonds is 4. The summed E-state index contributed by atoms with van der Waals surface area (Å²) in [5.41, 5.74) is 0.257. The second-order valence-corrected chi connectivity index (χ2v) is 4.71. The second kappa shape index (κ2) is 6.79. The highest BCUT2D eigenvalue weighted by Gasteiger charge is 2.20. The molecule has 2 heterocycles. The highest BCUT2D eigenvalue weighted by molar-refractivity contribution is 6.29. The van der Waals surface area contributed by atoms with Crippen LogP contribution in [0.2, 0.25) is 5.15 Å². The summed E-state index contributed by atoms with van der Waals surface area (Å²) in [7, 11) is 0. The Hall–Kier alpha value is -1.24. The first-order chi connectivity index (χ1) is 9.19. The van der Waals surface area contributed by atoms with Crippen LogP contribution in [0, 0.1) is 0 Å². The summed E-state index contributed by atoms with van der Waals surface area (Å²) in [5, 5.41) is 3.07. The molecule has 0 spiro atoms. The van der Waals surface area contributed by atoms with E-state index in [1.807, 2.05) is 0 Å². The van der Waals surface area contributed by atoms with Gasteiger partial charge in [0.2, 0.25) is 0 Å². The lowest BCUT2D eigenvalue weighted by Gasteiger charge is -2.32. The fourth-order valence-electron chi connectivity index (χ4n) is 1.92. The van der Waals surface area contributed by atoms with Crippen molar-refractivity contribution in [2.24, 2.45) is 0 Å². The van der Waals surface area contributed by atoms with Crippen molar-refractivity contribution in [3.05, 3.63) is 23.2 Å². The number of halogens is 1. The number of hydrogen-bond donors (Lipinski definition) is 1. The summed E-state index contributed by atoms with van der Waals surface area (Å²) in [4.78, 5) is 21.9. The number of morpholine rings is 1. The number of aromatic nitrogens is 2. The SMILES string of the molecule is CCN1CCOC(CNC(=O)c2cnc(Cl)cn2)C1. The van der Waals surface area contributed by atoms with Gasteiger partial charge in [-0.2, -0.15) is 0 Å². The van der Waals surface area contributed by atoms with Gasteiger partial charge in [-0.1, -0.05) is 18.5 Å². The van der Waals surface area contributed by atoms with E-state index >= 15 is 0 Å². The van der Waals surface area contributed by atoms with Gasteiger partial charge in [-0.05, 0) is 6.54 Å². The molecule has 1 aliphatic heterocycles. The Kier molecular flexibility index (Phi) is 5.07. The molecule has 6 nitrogen and oxygen atoms in total. The maximum absolute atomic E-state index is 11.8. The van der Waals surface area contributed by atoms with Crippen LogP contribution in [0.1, 0.15) is 17.4 Å². The van der Waals surface area contributed by atoms with Crippen molar-refractivity contribution in [1.82, 2.24) is 20.2 Å². The third kappa shape index (κ3) is 4.12. The third-order valence-corrected chi connectivity index (χ3v) is 3.21. The molecule has 7 heteroatoms. The van der Waals surface area contributed by atoms with Crippen LogP contribution >= 0.6 is 11.6 Å². The van der Waals surface area contributed by atoms with Gasteiger partial charge < -0.3 is 10.1 Å². The first-order valence-corrected chi connectivity index (χ1v) is 6.66. The van der Waals surface area contributed by atoms with Gasteiger partial charge in [0.05, 0.1) is 25.1 Å². The van der Waals surface area contributed by atoms with Gasteiger partial charge in [0.25, 0.3) is 5.91 Å². The molecule has 1 saturated heterocycles. The molecule has 0 aromatic carbocycles. The molecule has 1 aromatic rings. The van der Waals surface area contributed by atoms with Gasteiger partial charge in [0, 0.05) is 19.6 Å². The molecule has 1 atom stereocenters. The predicted octanol–water partition coefficient (Wildman–Crippen LogP) is 0.580. The lowest BCUT2D eigenvalue weighted by atomic mass is 10.2. The molecule has 1 unspecified atom stereocenters. The lowest BCUT2D eigenvalue weighted by Crippen LogP contribution is -2.47. The lowest BCUT2D eigenvalue weighted by molar-refractivity contribution is -0.0246. The number of carbonyl (C=O) groups is 1. The highest BCUT2D eigenvalue weighted by atomic mass is 35.5. The molecule has 0 saturated carbocycles. The zero-order valence-corrected chi connectivity index (χ0v) is 11.6. The van der Waals surface area contributed by atoms with Crippen LogP contribution in [0.5, 0.6) is 0 Å². The monoisotopic (exact) mass is 284 g/mol. The van der Waals surface area contributed by atoms with Crippen molar-refractivity contribution in [3.63, 3.8) is 0 Å². The van der Waals surface area contributed by atoms with E-state index in [-0.39, 0.29) is 22.9 Å². The normalized spacial score (nSPS) is 20.2. The van der Waals surface area contributed by atoms with Gasteiger partial charge in [-0.3, -0.25) is 9.69 Å². The number of ether oxygens (including phenoxy) is 1. The smallest absolute Gasteiger partial charge is 0.271 e. The maximum Gasteiger partial charge on any atom is 0.271 e. The van der Waals surface area contributed by atoms with Crippen LogP contribution in [0.4, 0.5) is 0 Å². The van der Waals surface area contributed by atoms with Crippen molar-refractivity contribution >= 4 is 17.5 Å². The first-order valence-electron chi connectivity index (χ1n) is 6.28. The quantitative estimate of drug-likeness (QED) is 0.876. The molecule has 2 rings (SSSR count). The van der Waals surface area contributed by atoms with E-state index in [1.54, 1.807) is 0 Å². The fraction of sp³-hybridized carbons (Fsp3) is 0.583. The highest BCUT2D eigenvalue weighted by Crippen LogP contribution is 2.04. The summed E-state index contributed by atoms with van der Waals surface area (Å²) in [6.45, 7) is 6.07. The minimum absolute atomic E-state index is 0.0258. The van der Waals surface area contributed by atoms with Crippen LogP contribution < -0.4 is 5.32 Å². The Labute approximate surface area is 117 Å². The molecule has 0 bridgehead atoms. The molecule has 1 aromatic heterocycles. The fourth-order valence-corrected chi connectivity index (χ4v) is 2.02. The summed E-state index contributed by atoms with van der Waals surface area (Å²) in [6.07, 6.45) is 2.74. The largest absolute Gasteiger partial charge is 0.374 e. The van der Waals surface area contributed by atoms with E-state index in [0.717, 1.165) is 19.6 Å². The van der Waals surface area contributed by atoms with Crippen LogP contribution in [0.25, 0.3) is 0 Å². The zero-order valence-electron chi connectivity index (χ0n) is 10.8. The third-order valence-electron chi connectivity index (χ3n) is 3.01. The van der Waals surface area contributed by atoms with Crippen molar-refractivity contribution in [1.29, 1.82) is 0 Å². The summed E-state index contributed by atoms with van der Waals surface area (Å²) in [6, 6.07) is 0. The standard InChI is InChI=1S/C12H17ClN4O2/c1-2-17-3-4-19-9(8-17)5-16-12(18)10-6-15-11(13)7-14-10/h6-7,9H,2-5,8H2,1H3,(H,16,18). The number of nitrogens with zero attached hydrogens (tertiary/aromatic N) is 3. The second-order valence-electron chi connectivity index (χ2n) is 4.32. The Morgan fingerprint density at radius 1 is 1.58 bits per heavy atom. The molecule has 1 fully saturated rings. The molecule has 0 radical (unpaired) electrons. The van der Waals surface area contributed by atoms with Gasteiger partial charge in [-0.25, -0.2) is 9.97 Å². The van der Waals surface area contributed by atoms with E-state index in [2.05, 4.69) is 27.1 Å². The van der Waals surface area contributed by atoms with E-state index < -0.39 is 0 Å². The molecular weight excluding hydrogens is 268 g/mol. The minimum Gasteiger partial charge on any atom is -0.374 e. The summed E-state index contributed by atoms with van der Waals surface area (Å²) < 4.78 is 5.60. The van der Waals surface area contributed by atoms with Gasteiger partial charge >= 0.3 is 0 Å². The van der Waals surface area contributed by atoms with Gasteiger partial charge in [0.1, 0.15) is 10.8 Å². The average molecular weight is 285 g/mol. The molecule has 19 heavy (non-hydrogen) atoms. The summed E-state index contributed by atoms with van der Waals surface area (Å²) in [5.74, 6) is -0.263. The Morgan fingerprint density at radius 2 is 2.42 bits per heavy atom. The van der Waals surface area contributed by atoms with Crippen molar-refractivity contribution in [2.45, 2.75) is 13.0 Å². The molecule has 1 amide bonds. The number of hydrogen-bond acceptors (Lipinski definition) is 5. The van der Waals surface area contributed by atoms with Gasteiger partial charge in [0.15, 0.2) is 0 Å². The van der Waals surface area contributed by atoms with E-state index in [0.29, 0.717) is 13.2 Å². The van der Waals surface area contributed by atoms with Crippen LogP contribution in [0.3, 0.4) is 0 Å². The number of amides is 1. The number of nitrogens with one attached hydrogen (secondary N) is 1. The molecule has 1 N–H and O–H groups in total. The molecule has 1 aliphatic rings. The maximum atomic E-state index is 11.8. The minimum atomic E-state index is -0.263. The van der Waals surface area contributed by atoms with E-state index in [9.17, 15) is 4.79 Å². The van der Waals surface area contributed by atoms with Crippen molar-refractivity contribution in [2.75, 3.05) is 32.8 Å². The Balaban J connectivity index is 1.81. The van der Waals surface area contributed by atoms with Crippen molar-refractivity contribution in [3.8, 4) is 0 Å². The topological polar surface area (TPSA) is 67.3 Å². The average Bonchev–Trinajstić information content (AvgIpc) is 2.46. The Morgan fingerprint density at radius 3 is 3.11 bits per heavy atom. The number of likely N-dealkylation sites (N-methyl/N-ethyl adjacent to an activating group) is 1. The first kappa shape index (κ1) is 14.2.